The quantitative estimate of drug-likeness (QED) is 0.381. The Hall–Kier alpha value is -2.86. The highest BCUT2D eigenvalue weighted by Gasteiger charge is 2.07. The second-order valence-electron chi connectivity index (χ2n) is 5.02. The van der Waals surface area contributed by atoms with E-state index in [4.69, 9.17) is 21.1 Å². The van der Waals surface area contributed by atoms with E-state index in [1.807, 2.05) is 18.2 Å². The van der Waals surface area contributed by atoms with Crippen molar-refractivity contribution >= 4 is 29.3 Å². The van der Waals surface area contributed by atoms with Crippen molar-refractivity contribution in [3.8, 4) is 5.75 Å². The molecule has 0 fully saturated rings. The number of hydrogen-bond donors (Lipinski definition) is 0. The third-order valence-electron chi connectivity index (χ3n) is 3.31. The molecule has 0 aliphatic carbocycles. The second-order valence-corrected chi connectivity index (χ2v) is 5.38. The summed E-state index contributed by atoms with van der Waals surface area (Å²) < 4.78 is 24.9. The summed E-state index contributed by atoms with van der Waals surface area (Å²) in [5.41, 5.74) is 1.28. The van der Waals surface area contributed by atoms with E-state index < -0.39 is 5.97 Å². The van der Waals surface area contributed by atoms with E-state index in [0.717, 1.165) is 0 Å². The molecule has 3 aromatic rings. The lowest BCUT2D eigenvalue weighted by Gasteiger charge is -2.06. The summed E-state index contributed by atoms with van der Waals surface area (Å²) >= 11 is 6.07. The van der Waals surface area contributed by atoms with Gasteiger partial charge < -0.3 is 9.47 Å². The molecule has 0 atom stereocenters. The van der Waals surface area contributed by atoms with Gasteiger partial charge in [0.2, 0.25) is 0 Å². The Labute approximate surface area is 148 Å². The van der Waals surface area contributed by atoms with Crippen LogP contribution in [-0.2, 0) is 9.53 Å². The van der Waals surface area contributed by atoms with Crippen LogP contribution in [0.4, 0.5) is 4.39 Å². The number of hydrogen-bond acceptors (Lipinski definition) is 4. The number of rotatable bonds is 6. The van der Waals surface area contributed by atoms with Crippen molar-refractivity contribution in [3.05, 3.63) is 71.4 Å². The number of halogens is 2. The predicted octanol–water partition coefficient (Wildman–Crippen LogP) is 3.76. The Morgan fingerprint density at radius 1 is 1.20 bits per heavy atom. The Balaban J connectivity index is 1.51. The fourth-order valence-corrected chi connectivity index (χ4v) is 2.40. The summed E-state index contributed by atoms with van der Waals surface area (Å²) in [5.74, 6) is -0.356. The highest BCUT2D eigenvalue weighted by molar-refractivity contribution is 6.31. The van der Waals surface area contributed by atoms with E-state index in [0.29, 0.717) is 22.2 Å². The molecular formula is C18H14ClFN2O3. The number of carbonyl (C=O) groups is 1. The van der Waals surface area contributed by atoms with Gasteiger partial charge in [0.15, 0.2) is 5.15 Å². The number of carbonyl (C=O) groups excluding carboxylic acids is 1. The van der Waals surface area contributed by atoms with Crippen LogP contribution in [0.2, 0.25) is 5.15 Å². The van der Waals surface area contributed by atoms with Crippen molar-refractivity contribution in [1.29, 1.82) is 0 Å². The molecule has 0 saturated carbocycles. The van der Waals surface area contributed by atoms with Crippen molar-refractivity contribution < 1.29 is 18.7 Å². The first-order valence-electron chi connectivity index (χ1n) is 7.49. The van der Waals surface area contributed by atoms with Crippen LogP contribution in [0.15, 0.2) is 54.7 Å². The van der Waals surface area contributed by atoms with Gasteiger partial charge in [-0.05, 0) is 42.5 Å². The summed E-state index contributed by atoms with van der Waals surface area (Å²) in [6.45, 7) is 0.239. The maximum absolute atomic E-state index is 12.8. The highest BCUT2D eigenvalue weighted by atomic mass is 35.5. The van der Waals surface area contributed by atoms with E-state index in [1.54, 1.807) is 16.7 Å². The highest BCUT2D eigenvalue weighted by Crippen LogP contribution is 2.18. The number of fused-ring (bicyclic) bond motifs is 1. The van der Waals surface area contributed by atoms with E-state index in [9.17, 15) is 9.18 Å². The Morgan fingerprint density at radius 2 is 2.00 bits per heavy atom. The van der Waals surface area contributed by atoms with E-state index in [-0.39, 0.29) is 19.0 Å². The molecule has 1 aromatic carbocycles. The Morgan fingerprint density at radius 3 is 2.80 bits per heavy atom. The van der Waals surface area contributed by atoms with Gasteiger partial charge in [-0.15, -0.1) is 0 Å². The molecule has 5 nitrogen and oxygen atoms in total. The van der Waals surface area contributed by atoms with Crippen LogP contribution in [-0.4, -0.2) is 28.6 Å². The molecule has 7 heteroatoms. The van der Waals surface area contributed by atoms with Gasteiger partial charge in [-0.1, -0.05) is 17.7 Å². The Kier molecular flexibility index (Phi) is 5.30. The van der Waals surface area contributed by atoms with Gasteiger partial charge in [0.1, 0.15) is 30.4 Å². The molecule has 0 spiro atoms. The SMILES string of the molecule is O=C(/C=C/c1c(Cl)nc2ccccn12)OCCOc1ccc(F)cc1. The molecular weight excluding hydrogens is 347 g/mol. The molecule has 128 valence electrons. The van der Waals surface area contributed by atoms with E-state index in [2.05, 4.69) is 4.98 Å². The molecule has 0 amide bonds. The topological polar surface area (TPSA) is 52.8 Å². The van der Waals surface area contributed by atoms with Crippen LogP contribution in [0, 0.1) is 5.82 Å². The summed E-state index contributed by atoms with van der Waals surface area (Å²) in [4.78, 5) is 15.9. The molecule has 0 unspecified atom stereocenters. The lowest BCUT2D eigenvalue weighted by atomic mass is 10.3. The monoisotopic (exact) mass is 360 g/mol. The molecule has 0 aliphatic heterocycles. The van der Waals surface area contributed by atoms with Gasteiger partial charge in [0.25, 0.3) is 0 Å². The zero-order chi connectivity index (χ0) is 17.6. The Bertz CT molecular complexity index is 906. The van der Waals surface area contributed by atoms with Gasteiger partial charge >= 0.3 is 5.97 Å². The van der Waals surface area contributed by atoms with Crippen LogP contribution in [0.1, 0.15) is 5.69 Å². The van der Waals surface area contributed by atoms with Crippen molar-refractivity contribution in [3.63, 3.8) is 0 Å². The first kappa shape index (κ1) is 17.0. The fraction of sp³-hybridized carbons (Fsp3) is 0.111. The molecule has 0 radical (unpaired) electrons. The zero-order valence-corrected chi connectivity index (χ0v) is 13.8. The average molecular weight is 361 g/mol. The number of esters is 1. The standard InChI is InChI=1S/C18H14ClFN2O3/c19-18-15(22-10-2-1-3-16(22)21-18)8-9-17(23)25-12-11-24-14-6-4-13(20)5-7-14/h1-10H,11-12H2/b9-8+. The molecule has 3 rings (SSSR count). The minimum atomic E-state index is -0.523. The van der Waals surface area contributed by atoms with Crippen LogP contribution in [0.25, 0.3) is 11.7 Å². The third kappa shape index (κ3) is 4.36. The maximum atomic E-state index is 12.8. The number of imidazole rings is 1. The average Bonchev–Trinajstić information content (AvgIpc) is 2.93. The molecule has 2 heterocycles. The first-order chi connectivity index (χ1) is 12.1. The molecule has 0 aliphatic rings. The first-order valence-corrected chi connectivity index (χ1v) is 7.87. The zero-order valence-electron chi connectivity index (χ0n) is 13.1. The van der Waals surface area contributed by atoms with Gasteiger partial charge in [0.05, 0.1) is 5.69 Å². The number of aromatic nitrogens is 2. The number of nitrogens with zero attached hydrogens (tertiary/aromatic N) is 2. The fourth-order valence-electron chi connectivity index (χ4n) is 2.16. The van der Waals surface area contributed by atoms with Crippen molar-refractivity contribution in [2.45, 2.75) is 0 Å². The maximum Gasteiger partial charge on any atom is 0.330 e. The molecule has 0 bridgehead atoms. The van der Waals surface area contributed by atoms with Gasteiger partial charge in [-0.25, -0.2) is 14.2 Å². The van der Waals surface area contributed by atoms with Crippen LogP contribution in [0.5, 0.6) is 5.75 Å². The van der Waals surface area contributed by atoms with Crippen molar-refractivity contribution in [2.24, 2.45) is 0 Å². The lowest BCUT2D eigenvalue weighted by Crippen LogP contribution is -2.10. The van der Waals surface area contributed by atoms with Gasteiger partial charge in [-0.2, -0.15) is 0 Å². The second kappa shape index (κ2) is 7.81. The van der Waals surface area contributed by atoms with Gasteiger partial charge in [0, 0.05) is 12.3 Å². The molecule has 0 saturated heterocycles. The minimum absolute atomic E-state index is 0.0709. The van der Waals surface area contributed by atoms with Crippen molar-refractivity contribution in [2.75, 3.05) is 13.2 Å². The third-order valence-corrected chi connectivity index (χ3v) is 3.59. The van der Waals surface area contributed by atoms with Crippen molar-refractivity contribution in [1.82, 2.24) is 9.38 Å². The van der Waals surface area contributed by atoms with E-state index in [1.165, 1.54) is 30.3 Å². The van der Waals surface area contributed by atoms with Gasteiger partial charge in [-0.3, -0.25) is 4.40 Å². The summed E-state index contributed by atoms with van der Waals surface area (Å²) in [7, 11) is 0. The predicted molar refractivity (Wildman–Crippen MR) is 92.1 cm³/mol. The van der Waals surface area contributed by atoms with Crippen LogP contribution in [0.3, 0.4) is 0 Å². The number of benzene rings is 1. The molecule has 2 aromatic heterocycles. The summed E-state index contributed by atoms with van der Waals surface area (Å²) in [6, 6.07) is 11.1. The van der Waals surface area contributed by atoms with Crippen LogP contribution < -0.4 is 4.74 Å². The summed E-state index contributed by atoms with van der Waals surface area (Å²) in [5, 5.41) is 0.301. The smallest absolute Gasteiger partial charge is 0.330 e. The molecule has 0 N–H and O–H groups in total. The number of ether oxygens (including phenoxy) is 2. The lowest BCUT2D eigenvalue weighted by molar-refractivity contribution is -0.138. The normalized spacial score (nSPS) is 11.1. The molecule has 25 heavy (non-hydrogen) atoms. The summed E-state index contributed by atoms with van der Waals surface area (Å²) in [6.07, 6.45) is 4.63. The minimum Gasteiger partial charge on any atom is -0.490 e. The largest absolute Gasteiger partial charge is 0.490 e. The van der Waals surface area contributed by atoms with E-state index >= 15 is 0 Å². The van der Waals surface area contributed by atoms with Crippen LogP contribution >= 0.6 is 11.6 Å². The number of pyridine rings is 1.